The number of carbonyl (C=O) groups excluding carboxylic acids is 1. The monoisotopic (exact) mass is 361 g/mol. The van der Waals surface area contributed by atoms with Crippen molar-refractivity contribution in [3.05, 3.63) is 65.2 Å². The zero-order chi connectivity index (χ0) is 18.7. The molecule has 1 aromatic heterocycles. The lowest BCUT2D eigenvalue weighted by Crippen LogP contribution is -2.26. The summed E-state index contributed by atoms with van der Waals surface area (Å²) in [5.74, 6) is -0.0835. The lowest BCUT2D eigenvalue weighted by molar-refractivity contribution is -0.137. The Hall–Kier alpha value is -3.23. The number of nitrogens with one attached hydrogen (secondary N) is 1. The maximum atomic E-state index is 12.8. The molecule has 1 N–H and O–H groups in total. The number of aromatic amines is 1. The van der Waals surface area contributed by atoms with Crippen LogP contribution in [0.1, 0.15) is 21.5 Å². The summed E-state index contributed by atoms with van der Waals surface area (Å²) in [5, 5.41) is 13.6. The van der Waals surface area contributed by atoms with Gasteiger partial charge in [-0.25, -0.2) is 0 Å². The number of carbonyl (C=O) groups is 1. The quantitative estimate of drug-likeness (QED) is 0.775. The Labute approximate surface area is 146 Å². The van der Waals surface area contributed by atoms with Gasteiger partial charge in [0.2, 0.25) is 5.82 Å². The molecular weight excluding hydrogens is 347 g/mol. The minimum absolute atomic E-state index is 0.0170. The smallest absolute Gasteiger partial charge is 0.337 e. The zero-order valence-corrected chi connectivity index (χ0v) is 13.7. The SMILES string of the molecule is CN(Cc1cccc(-c2nn[nH]n2)c1)C(=O)c1cccc(C(F)(F)F)c1. The van der Waals surface area contributed by atoms with E-state index in [4.69, 9.17) is 0 Å². The topological polar surface area (TPSA) is 74.8 Å². The summed E-state index contributed by atoms with van der Waals surface area (Å²) in [4.78, 5) is 13.8. The van der Waals surface area contributed by atoms with Gasteiger partial charge < -0.3 is 4.90 Å². The van der Waals surface area contributed by atoms with E-state index in [0.717, 1.165) is 23.3 Å². The van der Waals surface area contributed by atoms with Gasteiger partial charge >= 0.3 is 6.18 Å². The number of halogens is 3. The summed E-state index contributed by atoms with van der Waals surface area (Å²) in [6.45, 7) is 0.223. The van der Waals surface area contributed by atoms with Crippen molar-refractivity contribution in [1.29, 1.82) is 0 Å². The summed E-state index contributed by atoms with van der Waals surface area (Å²) in [6, 6.07) is 11.6. The van der Waals surface area contributed by atoms with Gasteiger partial charge in [-0.05, 0) is 35.0 Å². The summed E-state index contributed by atoms with van der Waals surface area (Å²) >= 11 is 0. The van der Waals surface area contributed by atoms with Gasteiger partial charge in [0.15, 0.2) is 0 Å². The Bertz CT molecular complexity index is 909. The molecule has 2 aromatic carbocycles. The number of H-pyrrole nitrogens is 1. The molecule has 0 atom stereocenters. The van der Waals surface area contributed by atoms with Gasteiger partial charge in [-0.3, -0.25) is 4.79 Å². The van der Waals surface area contributed by atoms with Crippen LogP contribution in [0.15, 0.2) is 48.5 Å². The fraction of sp³-hybridized carbons (Fsp3) is 0.176. The van der Waals surface area contributed by atoms with E-state index in [2.05, 4.69) is 20.6 Å². The second-order valence-corrected chi connectivity index (χ2v) is 5.68. The normalized spacial score (nSPS) is 11.4. The summed E-state index contributed by atoms with van der Waals surface area (Å²) in [7, 11) is 1.53. The van der Waals surface area contributed by atoms with Crippen molar-refractivity contribution < 1.29 is 18.0 Å². The van der Waals surface area contributed by atoms with Crippen LogP contribution in [0.5, 0.6) is 0 Å². The number of nitrogens with zero attached hydrogens (tertiary/aromatic N) is 4. The molecule has 1 amide bonds. The van der Waals surface area contributed by atoms with Crippen molar-refractivity contribution in [1.82, 2.24) is 25.5 Å². The van der Waals surface area contributed by atoms with Crippen LogP contribution in [0.25, 0.3) is 11.4 Å². The Morgan fingerprint density at radius 3 is 2.62 bits per heavy atom. The molecule has 26 heavy (non-hydrogen) atoms. The molecule has 0 fully saturated rings. The molecule has 9 heteroatoms. The second kappa shape index (κ2) is 6.95. The van der Waals surface area contributed by atoms with Crippen molar-refractivity contribution in [2.24, 2.45) is 0 Å². The third-order valence-electron chi connectivity index (χ3n) is 3.73. The molecule has 0 aliphatic rings. The zero-order valence-electron chi connectivity index (χ0n) is 13.7. The molecule has 6 nitrogen and oxygen atoms in total. The number of hydrogen-bond acceptors (Lipinski definition) is 4. The van der Waals surface area contributed by atoms with Crippen LogP contribution >= 0.6 is 0 Å². The van der Waals surface area contributed by atoms with Crippen molar-refractivity contribution in [3.63, 3.8) is 0 Å². The van der Waals surface area contributed by atoms with Crippen molar-refractivity contribution in [2.75, 3.05) is 7.05 Å². The first-order chi connectivity index (χ1) is 12.3. The van der Waals surface area contributed by atoms with E-state index < -0.39 is 17.6 Å². The van der Waals surface area contributed by atoms with Crippen molar-refractivity contribution >= 4 is 5.91 Å². The number of alkyl halides is 3. The first-order valence-corrected chi connectivity index (χ1v) is 7.60. The number of rotatable bonds is 4. The molecule has 3 rings (SSSR count). The van der Waals surface area contributed by atoms with E-state index in [-0.39, 0.29) is 12.1 Å². The molecule has 0 spiro atoms. The van der Waals surface area contributed by atoms with Gasteiger partial charge in [0.05, 0.1) is 5.56 Å². The van der Waals surface area contributed by atoms with Crippen LogP contribution in [0.3, 0.4) is 0 Å². The van der Waals surface area contributed by atoms with Gasteiger partial charge in [-0.2, -0.15) is 18.4 Å². The number of benzene rings is 2. The Kier molecular flexibility index (Phi) is 4.70. The molecule has 0 aliphatic heterocycles. The lowest BCUT2D eigenvalue weighted by atomic mass is 10.1. The molecule has 134 valence electrons. The molecule has 0 radical (unpaired) electrons. The summed E-state index contributed by atoms with van der Waals surface area (Å²) in [5.41, 5.74) is 0.638. The van der Waals surface area contributed by atoms with E-state index in [1.54, 1.807) is 24.3 Å². The Balaban J connectivity index is 1.77. The van der Waals surface area contributed by atoms with Crippen LogP contribution < -0.4 is 0 Å². The maximum absolute atomic E-state index is 12.8. The summed E-state index contributed by atoms with van der Waals surface area (Å²) in [6.07, 6.45) is -4.49. The minimum atomic E-state index is -4.49. The highest BCUT2D eigenvalue weighted by Gasteiger charge is 2.31. The van der Waals surface area contributed by atoms with E-state index in [9.17, 15) is 18.0 Å². The number of aromatic nitrogens is 4. The second-order valence-electron chi connectivity index (χ2n) is 5.68. The third-order valence-corrected chi connectivity index (χ3v) is 3.73. The number of hydrogen-bond donors (Lipinski definition) is 1. The van der Waals surface area contributed by atoms with E-state index in [1.807, 2.05) is 0 Å². The minimum Gasteiger partial charge on any atom is -0.337 e. The summed E-state index contributed by atoms with van der Waals surface area (Å²) < 4.78 is 38.4. The maximum Gasteiger partial charge on any atom is 0.416 e. The predicted octanol–water partition coefficient (Wildman–Crippen LogP) is 3.16. The molecule has 0 saturated heterocycles. The average molecular weight is 361 g/mol. The molecule has 0 aliphatic carbocycles. The van der Waals surface area contributed by atoms with Crippen LogP contribution in [-0.2, 0) is 12.7 Å². The van der Waals surface area contributed by atoms with Crippen molar-refractivity contribution in [2.45, 2.75) is 12.7 Å². The Morgan fingerprint density at radius 2 is 1.92 bits per heavy atom. The molecule has 0 saturated carbocycles. The van der Waals surface area contributed by atoms with Gasteiger partial charge in [0.25, 0.3) is 5.91 Å². The van der Waals surface area contributed by atoms with Crippen LogP contribution in [0.2, 0.25) is 0 Å². The fourth-order valence-electron chi connectivity index (χ4n) is 2.49. The molecule has 3 aromatic rings. The van der Waals surface area contributed by atoms with Gasteiger partial charge in [-0.15, -0.1) is 10.2 Å². The Morgan fingerprint density at radius 1 is 1.15 bits per heavy atom. The molecular formula is C17H14F3N5O. The van der Waals surface area contributed by atoms with Crippen molar-refractivity contribution in [3.8, 4) is 11.4 Å². The largest absolute Gasteiger partial charge is 0.416 e. The highest BCUT2D eigenvalue weighted by molar-refractivity contribution is 5.94. The van der Waals surface area contributed by atoms with E-state index in [0.29, 0.717) is 5.82 Å². The fourth-order valence-corrected chi connectivity index (χ4v) is 2.49. The van der Waals surface area contributed by atoms with Crippen LogP contribution in [0, 0.1) is 0 Å². The average Bonchev–Trinajstić information content (AvgIpc) is 3.15. The first kappa shape index (κ1) is 17.6. The lowest BCUT2D eigenvalue weighted by Gasteiger charge is -2.18. The molecule has 0 bridgehead atoms. The van der Waals surface area contributed by atoms with Crippen LogP contribution in [-0.4, -0.2) is 38.5 Å². The molecule has 0 unspecified atom stereocenters. The molecule has 1 heterocycles. The van der Waals surface area contributed by atoms with Gasteiger partial charge in [0.1, 0.15) is 0 Å². The third kappa shape index (κ3) is 3.88. The highest BCUT2D eigenvalue weighted by atomic mass is 19.4. The number of tetrazole rings is 1. The highest BCUT2D eigenvalue weighted by Crippen LogP contribution is 2.29. The first-order valence-electron chi connectivity index (χ1n) is 7.60. The van der Waals surface area contributed by atoms with Gasteiger partial charge in [-0.1, -0.05) is 24.3 Å². The predicted molar refractivity (Wildman–Crippen MR) is 86.9 cm³/mol. The van der Waals surface area contributed by atoms with E-state index >= 15 is 0 Å². The number of amides is 1. The van der Waals surface area contributed by atoms with E-state index in [1.165, 1.54) is 24.1 Å². The van der Waals surface area contributed by atoms with Crippen LogP contribution in [0.4, 0.5) is 13.2 Å². The van der Waals surface area contributed by atoms with Gasteiger partial charge in [0, 0.05) is 24.7 Å². The standard InChI is InChI=1S/C17H14F3N5O/c1-25(16(26)13-6-3-7-14(9-13)17(18,19)20)10-11-4-2-5-12(8-11)15-21-23-24-22-15/h2-9H,10H2,1H3,(H,21,22,23,24).